The van der Waals surface area contributed by atoms with Crippen LogP contribution in [0.2, 0.25) is 0 Å². The van der Waals surface area contributed by atoms with Crippen molar-refractivity contribution in [1.29, 1.82) is 0 Å². The maximum atomic E-state index is 12.4. The fourth-order valence-electron chi connectivity index (χ4n) is 1.97. The van der Waals surface area contributed by atoms with Gasteiger partial charge < -0.3 is 15.6 Å². The van der Waals surface area contributed by atoms with Crippen molar-refractivity contribution in [3.05, 3.63) is 18.5 Å². The molecular formula is C10H16N4O3S. The van der Waals surface area contributed by atoms with Crippen molar-refractivity contribution >= 4 is 15.9 Å². The van der Waals surface area contributed by atoms with Crippen LogP contribution in [0.5, 0.6) is 0 Å². The van der Waals surface area contributed by atoms with Crippen molar-refractivity contribution in [2.75, 3.05) is 26.7 Å². The van der Waals surface area contributed by atoms with E-state index < -0.39 is 16.1 Å². The molecule has 2 heterocycles. The molecule has 0 aromatic carbocycles. The Hall–Kier alpha value is -1.38. The number of carbonyl (C=O) groups excluding carboxylic acids is 1. The van der Waals surface area contributed by atoms with Gasteiger partial charge in [0.2, 0.25) is 15.9 Å². The van der Waals surface area contributed by atoms with Gasteiger partial charge >= 0.3 is 0 Å². The van der Waals surface area contributed by atoms with Gasteiger partial charge in [0.15, 0.2) is 0 Å². The van der Waals surface area contributed by atoms with Crippen LogP contribution in [0.4, 0.5) is 0 Å². The lowest BCUT2D eigenvalue weighted by atomic mass is 10.2. The summed E-state index contributed by atoms with van der Waals surface area (Å²) in [5.74, 6) is -0.304. The summed E-state index contributed by atoms with van der Waals surface area (Å²) in [5.41, 5.74) is 0. The normalized spacial score (nSPS) is 21.7. The van der Waals surface area contributed by atoms with Gasteiger partial charge in [-0.05, 0) is 6.07 Å². The third kappa shape index (κ3) is 2.26. The van der Waals surface area contributed by atoms with Gasteiger partial charge in [0, 0.05) is 39.1 Å². The van der Waals surface area contributed by atoms with Gasteiger partial charge in [-0.3, -0.25) is 4.79 Å². The molecule has 7 nitrogen and oxygen atoms in total. The van der Waals surface area contributed by atoms with Crippen LogP contribution in [0.25, 0.3) is 0 Å². The number of hydrogen-bond acceptors (Lipinski definition) is 4. The highest BCUT2D eigenvalue weighted by Crippen LogP contribution is 2.18. The minimum absolute atomic E-state index is 0.179. The van der Waals surface area contributed by atoms with E-state index in [9.17, 15) is 13.2 Å². The molecule has 1 aliphatic rings. The lowest BCUT2D eigenvalue weighted by Crippen LogP contribution is -2.58. The zero-order valence-corrected chi connectivity index (χ0v) is 10.8. The fraction of sp³-hybridized carbons (Fsp3) is 0.500. The molecule has 100 valence electrons. The molecule has 1 aromatic heterocycles. The molecule has 0 radical (unpaired) electrons. The smallest absolute Gasteiger partial charge is 0.245 e. The number of nitrogens with zero attached hydrogens (tertiary/aromatic N) is 1. The first-order valence-electron chi connectivity index (χ1n) is 5.64. The average molecular weight is 272 g/mol. The molecule has 18 heavy (non-hydrogen) atoms. The zero-order valence-electron chi connectivity index (χ0n) is 10.0. The van der Waals surface area contributed by atoms with E-state index in [0.29, 0.717) is 13.1 Å². The summed E-state index contributed by atoms with van der Waals surface area (Å²) in [6.45, 7) is 1.14. The molecular weight excluding hydrogens is 256 g/mol. The first-order chi connectivity index (χ1) is 8.57. The Morgan fingerprint density at radius 1 is 1.56 bits per heavy atom. The first kappa shape index (κ1) is 13.1. The highest BCUT2D eigenvalue weighted by Gasteiger charge is 2.37. The van der Waals surface area contributed by atoms with Crippen LogP contribution in [0.15, 0.2) is 23.4 Å². The van der Waals surface area contributed by atoms with Gasteiger partial charge in [-0.2, -0.15) is 4.31 Å². The van der Waals surface area contributed by atoms with E-state index >= 15 is 0 Å². The summed E-state index contributed by atoms with van der Waals surface area (Å²) in [7, 11) is -2.12. The molecule has 1 fully saturated rings. The van der Waals surface area contributed by atoms with Crippen molar-refractivity contribution in [1.82, 2.24) is 19.9 Å². The summed E-state index contributed by atoms with van der Waals surface area (Å²) in [4.78, 5) is 14.6. The maximum Gasteiger partial charge on any atom is 0.245 e. The van der Waals surface area contributed by atoms with Crippen molar-refractivity contribution in [2.45, 2.75) is 10.9 Å². The van der Waals surface area contributed by atoms with Crippen LogP contribution in [0, 0.1) is 0 Å². The predicted octanol–water partition coefficient (Wildman–Crippen LogP) is -1.28. The van der Waals surface area contributed by atoms with Gasteiger partial charge in [-0.25, -0.2) is 8.42 Å². The molecule has 3 N–H and O–H groups in total. The monoisotopic (exact) mass is 272 g/mol. The summed E-state index contributed by atoms with van der Waals surface area (Å²) >= 11 is 0. The summed E-state index contributed by atoms with van der Waals surface area (Å²) in [6, 6.07) is 0.779. The third-order valence-corrected chi connectivity index (χ3v) is 4.82. The van der Waals surface area contributed by atoms with Crippen molar-refractivity contribution in [3.8, 4) is 0 Å². The molecule has 0 saturated carbocycles. The van der Waals surface area contributed by atoms with Gasteiger partial charge in [-0.1, -0.05) is 0 Å². The second-order valence-electron chi connectivity index (χ2n) is 4.00. The molecule has 8 heteroatoms. The predicted molar refractivity (Wildman–Crippen MR) is 65.4 cm³/mol. The Labute approximate surface area is 106 Å². The number of rotatable bonds is 3. The fourth-order valence-corrected chi connectivity index (χ4v) is 3.53. The van der Waals surface area contributed by atoms with E-state index in [1.807, 2.05) is 0 Å². The quantitative estimate of drug-likeness (QED) is 0.639. The van der Waals surface area contributed by atoms with E-state index in [4.69, 9.17) is 0 Å². The number of amides is 1. The van der Waals surface area contributed by atoms with Crippen molar-refractivity contribution in [3.63, 3.8) is 0 Å². The zero-order chi connectivity index (χ0) is 13.2. The second-order valence-corrected chi connectivity index (χ2v) is 5.89. The van der Waals surface area contributed by atoms with Crippen LogP contribution >= 0.6 is 0 Å². The van der Waals surface area contributed by atoms with Gasteiger partial charge in [-0.15, -0.1) is 0 Å². The molecule has 1 atom stereocenters. The van der Waals surface area contributed by atoms with Crippen molar-refractivity contribution < 1.29 is 13.2 Å². The molecule has 0 bridgehead atoms. The molecule has 1 aromatic rings. The molecule has 1 amide bonds. The number of nitrogens with one attached hydrogen (secondary N) is 3. The van der Waals surface area contributed by atoms with E-state index in [1.165, 1.54) is 23.6 Å². The number of piperazine rings is 1. The number of aromatic nitrogens is 1. The number of carbonyl (C=O) groups is 1. The highest BCUT2D eigenvalue weighted by molar-refractivity contribution is 7.89. The van der Waals surface area contributed by atoms with Gasteiger partial charge in [0.1, 0.15) is 6.04 Å². The largest absolute Gasteiger partial charge is 0.366 e. The minimum Gasteiger partial charge on any atom is -0.366 e. The Morgan fingerprint density at radius 3 is 2.94 bits per heavy atom. The standard InChI is InChI=1S/C10H16N4O3S/c1-11-10(15)9-7-13-4-5-14(9)18(16,17)8-2-3-12-6-8/h2-3,6,9,12-13H,4-5,7H2,1H3,(H,11,15). The Bertz CT molecular complexity index is 511. The van der Waals surface area contributed by atoms with Crippen molar-refractivity contribution in [2.24, 2.45) is 0 Å². The molecule has 1 saturated heterocycles. The van der Waals surface area contributed by atoms with E-state index in [0.717, 1.165) is 0 Å². The Morgan fingerprint density at radius 2 is 2.33 bits per heavy atom. The lowest BCUT2D eigenvalue weighted by molar-refractivity contribution is -0.124. The summed E-state index contributed by atoms with van der Waals surface area (Å²) in [5, 5.41) is 5.51. The number of likely N-dealkylation sites (N-methyl/N-ethyl adjacent to an activating group) is 1. The average Bonchev–Trinajstić information content (AvgIpc) is 2.92. The van der Waals surface area contributed by atoms with Crippen LogP contribution in [-0.4, -0.2) is 56.3 Å². The Balaban J connectivity index is 2.32. The Kier molecular flexibility index (Phi) is 3.69. The van der Waals surface area contributed by atoms with E-state index in [1.54, 1.807) is 6.20 Å². The minimum atomic E-state index is -3.62. The molecule has 1 unspecified atom stereocenters. The highest BCUT2D eigenvalue weighted by atomic mass is 32.2. The van der Waals surface area contributed by atoms with Crippen LogP contribution < -0.4 is 10.6 Å². The second kappa shape index (κ2) is 5.09. The topological polar surface area (TPSA) is 94.3 Å². The summed E-state index contributed by atoms with van der Waals surface area (Å²) in [6.07, 6.45) is 2.96. The number of aromatic amines is 1. The third-order valence-electron chi connectivity index (χ3n) is 2.92. The molecule has 0 aliphatic carbocycles. The SMILES string of the molecule is CNC(=O)C1CNCCN1S(=O)(=O)c1cc[nH]c1. The van der Waals surface area contributed by atoms with E-state index in [-0.39, 0.29) is 17.3 Å². The van der Waals surface area contributed by atoms with Gasteiger partial charge in [0.25, 0.3) is 0 Å². The number of sulfonamides is 1. The van der Waals surface area contributed by atoms with Crippen LogP contribution in [0.3, 0.4) is 0 Å². The number of H-pyrrole nitrogens is 1. The van der Waals surface area contributed by atoms with Gasteiger partial charge in [0.05, 0.1) is 4.90 Å². The van der Waals surface area contributed by atoms with Crippen LogP contribution in [-0.2, 0) is 14.8 Å². The summed E-state index contributed by atoms with van der Waals surface area (Å²) < 4.78 is 26.0. The van der Waals surface area contributed by atoms with E-state index in [2.05, 4.69) is 15.6 Å². The maximum absolute atomic E-state index is 12.4. The lowest BCUT2D eigenvalue weighted by Gasteiger charge is -2.33. The van der Waals surface area contributed by atoms with Crippen LogP contribution in [0.1, 0.15) is 0 Å². The first-order valence-corrected chi connectivity index (χ1v) is 7.08. The molecule has 0 spiro atoms. The molecule has 2 rings (SSSR count). The molecule has 1 aliphatic heterocycles. The number of hydrogen-bond donors (Lipinski definition) is 3.